The lowest BCUT2D eigenvalue weighted by molar-refractivity contribution is 1.04. The van der Waals surface area contributed by atoms with Gasteiger partial charge in [0.2, 0.25) is 0 Å². The summed E-state index contributed by atoms with van der Waals surface area (Å²) in [6.45, 7) is 2.04. The van der Waals surface area contributed by atoms with Crippen LogP contribution in [0.3, 0.4) is 0 Å². The molecule has 1 saturated carbocycles. The molecule has 2 aromatic rings. The van der Waals surface area contributed by atoms with Crippen molar-refractivity contribution in [2.45, 2.75) is 25.7 Å². The lowest BCUT2D eigenvalue weighted by Crippen LogP contribution is -1.91. The molecule has 0 atom stereocenters. The molecular formula is C13H11Cl2N. The van der Waals surface area contributed by atoms with Crippen LogP contribution in [0.1, 0.15) is 30.0 Å². The minimum atomic E-state index is 0.611. The average molecular weight is 252 g/mol. The maximum absolute atomic E-state index is 6.29. The van der Waals surface area contributed by atoms with E-state index in [0.717, 1.165) is 27.2 Å². The third kappa shape index (κ3) is 1.59. The summed E-state index contributed by atoms with van der Waals surface area (Å²) in [7, 11) is 0. The van der Waals surface area contributed by atoms with E-state index >= 15 is 0 Å². The summed E-state index contributed by atoms with van der Waals surface area (Å²) in [5, 5.41) is 2.29. The Morgan fingerprint density at radius 3 is 2.62 bits per heavy atom. The van der Waals surface area contributed by atoms with Crippen LogP contribution in [0.15, 0.2) is 18.2 Å². The highest BCUT2D eigenvalue weighted by molar-refractivity contribution is 6.42. The van der Waals surface area contributed by atoms with Crippen molar-refractivity contribution in [2.24, 2.45) is 0 Å². The Kier molecular flexibility index (Phi) is 2.34. The number of benzene rings is 1. The normalized spacial score (nSPS) is 15.7. The molecule has 1 heterocycles. The molecule has 1 nitrogen and oxygen atoms in total. The molecule has 1 aliphatic carbocycles. The van der Waals surface area contributed by atoms with Crippen molar-refractivity contribution in [3.05, 3.63) is 39.5 Å². The van der Waals surface area contributed by atoms with Crippen LogP contribution in [0.25, 0.3) is 10.9 Å². The number of hydrogen-bond donors (Lipinski definition) is 0. The molecular weight excluding hydrogens is 241 g/mol. The van der Waals surface area contributed by atoms with Crippen molar-refractivity contribution in [3.8, 4) is 0 Å². The molecule has 3 rings (SSSR count). The topological polar surface area (TPSA) is 12.9 Å². The molecule has 1 aromatic heterocycles. The number of aryl methyl sites for hydroxylation is 1. The first-order chi connectivity index (χ1) is 7.66. The first-order valence-electron chi connectivity index (χ1n) is 5.42. The monoisotopic (exact) mass is 251 g/mol. The maximum atomic E-state index is 6.29. The zero-order valence-electron chi connectivity index (χ0n) is 8.93. The Morgan fingerprint density at radius 1 is 1.19 bits per heavy atom. The van der Waals surface area contributed by atoms with Crippen molar-refractivity contribution >= 4 is 34.1 Å². The van der Waals surface area contributed by atoms with Gasteiger partial charge in [0, 0.05) is 17.0 Å². The second-order valence-electron chi connectivity index (χ2n) is 4.39. The van der Waals surface area contributed by atoms with Gasteiger partial charge >= 0.3 is 0 Å². The average Bonchev–Trinajstić information content (AvgIpc) is 3.06. The predicted octanol–water partition coefficient (Wildman–Crippen LogP) is 4.73. The Hall–Kier alpha value is -0.790. The summed E-state index contributed by atoms with van der Waals surface area (Å²) >= 11 is 12.4. The molecule has 0 amide bonds. The number of halogens is 2. The summed E-state index contributed by atoms with van der Waals surface area (Å²) in [5.41, 5.74) is 3.19. The number of hydrogen-bond acceptors (Lipinski definition) is 1. The van der Waals surface area contributed by atoms with Crippen LogP contribution in [0.4, 0.5) is 0 Å². The summed E-state index contributed by atoms with van der Waals surface area (Å²) in [5.74, 6) is 0.611. The molecule has 1 aromatic carbocycles. The Bertz CT molecular complexity index is 574. The first kappa shape index (κ1) is 10.4. The lowest BCUT2D eigenvalue weighted by atomic mass is 10.1. The van der Waals surface area contributed by atoms with Crippen molar-refractivity contribution in [1.29, 1.82) is 0 Å². The third-order valence-corrected chi connectivity index (χ3v) is 3.69. The quantitative estimate of drug-likeness (QED) is 0.715. The molecule has 0 unspecified atom stereocenters. The van der Waals surface area contributed by atoms with E-state index in [1.54, 1.807) is 0 Å². The maximum Gasteiger partial charge on any atom is 0.0764 e. The highest BCUT2D eigenvalue weighted by Gasteiger charge is 2.26. The summed E-state index contributed by atoms with van der Waals surface area (Å²) < 4.78 is 0. The van der Waals surface area contributed by atoms with Gasteiger partial charge in [0.1, 0.15) is 0 Å². The van der Waals surface area contributed by atoms with Gasteiger partial charge in [-0.15, -0.1) is 0 Å². The van der Waals surface area contributed by atoms with E-state index in [1.807, 2.05) is 25.1 Å². The summed E-state index contributed by atoms with van der Waals surface area (Å²) in [4.78, 5) is 4.69. The van der Waals surface area contributed by atoms with Crippen LogP contribution in [0.5, 0.6) is 0 Å². The number of pyridine rings is 1. The highest BCUT2D eigenvalue weighted by atomic mass is 35.5. The predicted molar refractivity (Wildman–Crippen MR) is 68.5 cm³/mol. The molecule has 0 saturated heterocycles. The molecule has 3 heteroatoms. The number of fused-ring (bicyclic) bond motifs is 1. The smallest absolute Gasteiger partial charge is 0.0764 e. The van der Waals surface area contributed by atoms with Crippen LogP contribution in [-0.4, -0.2) is 4.98 Å². The van der Waals surface area contributed by atoms with Gasteiger partial charge < -0.3 is 0 Å². The number of rotatable bonds is 1. The van der Waals surface area contributed by atoms with E-state index in [4.69, 9.17) is 23.2 Å². The zero-order valence-corrected chi connectivity index (χ0v) is 10.4. The van der Waals surface area contributed by atoms with Crippen LogP contribution in [0.2, 0.25) is 10.0 Å². The van der Waals surface area contributed by atoms with Crippen LogP contribution >= 0.6 is 23.2 Å². The standard InChI is InChI=1S/C13H11Cl2N/c1-7-2-5-9(14)12-10(15)6-11(8-3-4-8)16-13(7)12/h2,5-6,8H,3-4H2,1H3. The van der Waals surface area contributed by atoms with Crippen molar-refractivity contribution < 1.29 is 0 Å². The van der Waals surface area contributed by atoms with Gasteiger partial charge in [-0.25, -0.2) is 0 Å². The largest absolute Gasteiger partial charge is 0.252 e. The molecule has 0 spiro atoms. The van der Waals surface area contributed by atoms with Gasteiger partial charge in [-0.1, -0.05) is 29.3 Å². The molecule has 0 radical (unpaired) electrons. The SMILES string of the molecule is Cc1ccc(Cl)c2c(Cl)cc(C3CC3)nc12. The molecule has 82 valence electrons. The fourth-order valence-corrected chi connectivity index (χ4v) is 2.60. The van der Waals surface area contributed by atoms with Crippen LogP contribution < -0.4 is 0 Å². The fourth-order valence-electron chi connectivity index (χ4n) is 1.99. The van der Waals surface area contributed by atoms with Gasteiger partial charge in [-0.2, -0.15) is 0 Å². The zero-order chi connectivity index (χ0) is 11.3. The van der Waals surface area contributed by atoms with Gasteiger partial charge in [-0.3, -0.25) is 4.98 Å². The van der Waals surface area contributed by atoms with Crippen molar-refractivity contribution in [1.82, 2.24) is 4.98 Å². The second kappa shape index (κ2) is 3.61. The molecule has 0 bridgehead atoms. The summed E-state index contributed by atoms with van der Waals surface area (Å²) in [6.07, 6.45) is 2.46. The highest BCUT2D eigenvalue weighted by Crippen LogP contribution is 2.42. The number of aromatic nitrogens is 1. The second-order valence-corrected chi connectivity index (χ2v) is 5.21. The van der Waals surface area contributed by atoms with E-state index in [0.29, 0.717) is 10.9 Å². The summed E-state index contributed by atoms with van der Waals surface area (Å²) in [6, 6.07) is 5.83. The molecule has 16 heavy (non-hydrogen) atoms. The molecule has 0 N–H and O–H groups in total. The van der Waals surface area contributed by atoms with Crippen molar-refractivity contribution in [3.63, 3.8) is 0 Å². The molecule has 0 aliphatic heterocycles. The van der Waals surface area contributed by atoms with E-state index < -0.39 is 0 Å². The van der Waals surface area contributed by atoms with Crippen LogP contribution in [-0.2, 0) is 0 Å². The number of nitrogens with zero attached hydrogens (tertiary/aromatic N) is 1. The Labute approximate surface area is 104 Å². The first-order valence-corrected chi connectivity index (χ1v) is 6.17. The van der Waals surface area contributed by atoms with E-state index in [1.165, 1.54) is 12.8 Å². The van der Waals surface area contributed by atoms with Crippen LogP contribution in [0, 0.1) is 6.92 Å². The van der Waals surface area contributed by atoms with E-state index in [9.17, 15) is 0 Å². The Balaban J connectivity index is 2.36. The van der Waals surface area contributed by atoms with E-state index in [-0.39, 0.29) is 0 Å². The molecule has 1 aliphatic rings. The lowest BCUT2D eigenvalue weighted by Gasteiger charge is -2.08. The third-order valence-electron chi connectivity index (χ3n) is 3.08. The van der Waals surface area contributed by atoms with Gasteiger partial charge in [0.15, 0.2) is 0 Å². The minimum absolute atomic E-state index is 0.611. The van der Waals surface area contributed by atoms with Crippen molar-refractivity contribution in [2.75, 3.05) is 0 Å². The molecule has 1 fully saturated rings. The van der Waals surface area contributed by atoms with E-state index in [2.05, 4.69) is 4.98 Å². The van der Waals surface area contributed by atoms with Gasteiger partial charge in [0.25, 0.3) is 0 Å². The Morgan fingerprint density at radius 2 is 1.94 bits per heavy atom. The van der Waals surface area contributed by atoms with Gasteiger partial charge in [-0.05, 0) is 37.5 Å². The fraction of sp³-hybridized carbons (Fsp3) is 0.308. The van der Waals surface area contributed by atoms with Gasteiger partial charge in [0.05, 0.1) is 15.6 Å². The minimum Gasteiger partial charge on any atom is -0.252 e.